The van der Waals surface area contributed by atoms with Crippen LogP contribution in [-0.4, -0.2) is 118 Å². The number of nitrogens with one attached hydrogen (secondary N) is 1. The normalized spacial score (nSPS) is 27.6. The molecule has 0 bridgehead atoms. The number of aromatic nitrogens is 2. The van der Waals surface area contributed by atoms with Crippen LogP contribution in [-0.2, 0) is 28.7 Å². The molecule has 2 N–H and O–H groups in total. The van der Waals surface area contributed by atoms with Gasteiger partial charge < -0.3 is 34.3 Å². The van der Waals surface area contributed by atoms with Gasteiger partial charge in [0.15, 0.2) is 10.9 Å². The van der Waals surface area contributed by atoms with Crippen LogP contribution in [0.1, 0.15) is 93.4 Å². The van der Waals surface area contributed by atoms with E-state index in [1.165, 1.54) is 22.7 Å². The van der Waals surface area contributed by atoms with E-state index >= 15 is 0 Å². The summed E-state index contributed by atoms with van der Waals surface area (Å²) in [6, 6.07) is 4.62. The van der Waals surface area contributed by atoms with Crippen molar-refractivity contribution in [1.29, 1.82) is 0 Å². The number of hydrogen-bond donors (Lipinski definition) is 2. The Hall–Kier alpha value is -4.31. The summed E-state index contributed by atoms with van der Waals surface area (Å²) in [4.78, 5) is 69.2. The molecular weight excluding hydrogens is 870 g/mol. The molecule has 2 aliphatic heterocycles. The maximum absolute atomic E-state index is 14.9. The average molecular weight is 935 g/mol. The van der Waals surface area contributed by atoms with E-state index in [0.29, 0.717) is 83.4 Å². The molecule has 8 rings (SSSR count). The first kappa shape index (κ1) is 47.2. The predicted octanol–water partition coefficient (Wildman–Crippen LogP) is 8.30. The molecular formula is C49H64ClN5O9S. The van der Waals surface area contributed by atoms with E-state index in [2.05, 4.69) is 30.6 Å². The molecule has 0 radical (unpaired) electrons. The van der Waals surface area contributed by atoms with E-state index in [4.69, 9.17) is 40.5 Å². The number of morpholine rings is 1. The second-order valence-corrected chi connectivity index (χ2v) is 22.1. The van der Waals surface area contributed by atoms with Crippen molar-refractivity contribution in [2.75, 3.05) is 44.8 Å². The van der Waals surface area contributed by atoms with Crippen LogP contribution in [0.5, 0.6) is 11.5 Å². The summed E-state index contributed by atoms with van der Waals surface area (Å²) in [6.45, 7) is 21.1. The van der Waals surface area contributed by atoms with E-state index in [-0.39, 0.29) is 61.1 Å². The van der Waals surface area contributed by atoms with E-state index in [9.17, 15) is 24.3 Å². The van der Waals surface area contributed by atoms with Crippen molar-refractivity contribution in [3.8, 4) is 22.9 Å². The molecule has 5 aliphatic rings. The first-order valence-corrected chi connectivity index (χ1v) is 24.4. The highest BCUT2D eigenvalue weighted by molar-refractivity contribution is 7.14. The molecule has 5 fully saturated rings. The summed E-state index contributed by atoms with van der Waals surface area (Å²) < 4.78 is 24.8. The maximum Gasteiger partial charge on any atom is 0.310 e. The van der Waals surface area contributed by atoms with Crippen LogP contribution >= 0.6 is 22.9 Å². The molecule has 2 aromatic heterocycles. The number of carbonyl (C=O) groups is 4. The number of thiazole rings is 1. The van der Waals surface area contributed by atoms with Gasteiger partial charge in [0.25, 0.3) is 0 Å². The van der Waals surface area contributed by atoms with Crippen LogP contribution in [0, 0.1) is 34.5 Å². The highest BCUT2D eigenvalue weighted by Gasteiger charge is 2.61. The van der Waals surface area contributed by atoms with Crippen molar-refractivity contribution < 1.29 is 43.2 Å². The molecule has 3 aromatic rings. The number of ether oxygens (including phenoxy) is 4. The average Bonchev–Trinajstić information content (AvgIpc) is 3.91. The second kappa shape index (κ2) is 18.4. The number of nitrogens with zero attached hydrogens (tertiary/aromatic N) is 4. The van der Waals surface area contributed by atoms with Gasteiger partial charge in [0.1, 0.15) is 41.0 Å². The van der Waals surface area contributed by atoms with Crippen LogP contribution in [0.15, 0.2) is 36.2 Å². The van der Waals surface area contributed by atoms with E-state index in [1.807, 2.05) is 46.1 Å². The Bertz CT molecular complexity index is 2320. The third-order valence-corrected chi connectivity index (χ3v) is 15.4. The minimum atomic E-state index is -1.27. The van der Waals surface area contributed by atoms with Crippen molar-refractivity contribution in [1.82, 2.24) is 19.8 Å². The number of rotatable bonds is 18. The van der Waals surface area contributed by atoms with Gasteiger partial charge in [-0.1, -0.05) is 38.4 Å². The SMILES string of the molecule is C=C[C@@H]1C[C@]1(CC(=O)[C@@H]1C[C@@H](Oc2cc(-c3csc(NC(C)C)n3)nc3c(Cl)c(OCCN4CCOCC4(C)C)ccc23)CN1C(=O)[C@@H](CC(=O)OC1C[C@@H]2C[C@@H]2C1)C(C)(C)C)C(=O)O. The van der Waals surface area contributed by atoms with Gasteiger partial charge in [-0.05, 0) is 88.7 Å². The zero-order chi connectivity index (χ0) is 46.6. The predicted molar refractivity (Wildman–Crippen MR) is 249 cm³/mol. The summed E-state index contributed by atoms with van der Waals surface area (Å²) in [5.74, 6) is -1.25. The Morgan fingerprint density at radius 1 is 1.08 bits per heavy atom. The number of esters is 1. The highest BCUT2D eigenvalue weighted by Crippen LogP contribution is 2.57. The monoisotopic (exact) mass is 933 g/mol. The molecule has 1 unspecified atom stereocenters. The summed E-state index contributed by atoms with van der Waals surface area (Å²) >= 11 is 8.62. The summed E-state index contributed by atoms with van der Waals surface area (Å²) in [5.41, 5.74) is -0.526. The number of ketones is 1. The van der Waals surface area contributed by atoms with Crippen LogP contribution in [0.4, 0.5) is 5.13 Å². The van der Waals surface area contributed by atoms with Crippen LogP contribution in [0.3, 0.4) is 0 Å². The zero-order valence-corrected chi connectivity index (χ0v) is 40.3. The minimum Gasteiger partial charge on any atom is -0.491 e. The molecule has 14 nitrogen and oxygen atoms in total. The molecule has 65 heavy (non-hydrogen) atoms. The lowest BCUT2D eigenvalue weighted by atomic mass is 9.77. The Morgan fingerprint density at radius 2 is 1.83 bits per heavy atom. The second-order valence-electron chi connectivity index (χ2n) is 20.9. The molecule has 352 valence electrons. The third-order valence-electron chi connectivity index (χ3n) is 14.2. The number of amides is 1. The van der Waals surface area contributed by atoms with E-state index in [0.717, 1.165) is 24.5 Å². The number of carbonyl (C=O) groups excluding carboxylic acids is 3. The number of Topliss-reactive ketones (excluding diaryl/α,β-unsaturated/α-hetero) is 1. The maximum atomic E-state index is 14.9. The van der Waals surface area contributed by atoms with Crippen LogP contribution in [0.2, 0.25) is 5.02 Å². The number of likely N-dealkylation sites (tertiary alicyclic amines) is 1. The van der Waals surface area contributed by atoms with Crippen molar-refractivity contribution in [2.45, 2.75) is 123 Å². The molecule has 0 spiro atoms. The van der Waals surface area contributed by atoms with Crippen molar-refractivity contribution >= 4 is 62.6 Å². The fourth-order valence-electron chi connectivity index (χ4n) is 10.2. The van der Waals surface area contributed by atoms with Gasteiger partial charge in [0.2, 0.25) is 5.91 Å². The Kier molecular flexibility index (Phi) is 13.4. The first-order chi connectivity index (χ1) is 30.8. The number of anilines is 1. The number of aliphatic carboxylic acids is 1. The lowest BCUT2D eigenvalue weighted by Crippen LogP contribution is -2.54. The number of carboxylic acids is 1. The summed E-state index contributed by atoms with van der Waals surface area (Å²) in [6.07, 6.45) is 3.68. The molecule has 1 amide bonds. The smallest absolute Gasteiger partial charge is 0.310 e. The lowest BCUT2D eigenvalue weighted by molar-refractivity contribution is -0.157. The fourth-order valence-corrected chi connectivity index (χ4v) is 11.3. The number of hydrogen-bond acceptors (Lipinski definition) is 13. The van der Waals surface area contributed by atoms with Crippen molar-refractivity contribution in [3.63, 3.8) is 0 Å². The number of halogens is 1. The van der Waals surface area contributed by atoms with Crippen LogP contribution < -0.4 is 14.8 Å². The number of fused-ring (bicyclic) bond motifs is 2. The molecule has 16 heteroatoms. The molecule has 1 aromatic carbocycles. The summed E-state index contributed by atoms with van der Waals surface area (Å²) in [7, 11) is 0. The standard InChI is InChI=1S/C49H64ClN5O9S/c1-9-30-22-49(30,45(59)60)23-38(56)37-19-32(24-55(37)44(58)34(47(4,5)6)20-41(57)64-31-17-28-16-29(28)18-31)63-40-21-35(36-25-65-46(53-36)51-27(2)3)52-43-33(40)10-11-39(42(43)50)62-15-13-54-12-14-61-26-48(54,7)8/h9-11,21,25,27-32,34,37H,1,12-20,22-24,26H2,2-8H3,(H,51,53)(H,59,60)/t28-,29+,30-,31?,32-,34-,37+,49-/m1/s1. The molecule has 3 saturated carbocycles. The molecule has 3 aliphatic carbocycles. The lowest BCUT2D eigenvalue weighted by Gasteiger charge is -2.41. The van der Waals surface area contributed by atoms with Gasteiger partial charge in [0.05, 0.1) is 54.8 Å². The minimum absolute atomic E-state index is 0.0267. The quantitative estimate of drug-likeness (QED) is 0.0924. The Balaban J connectivity index is 1.09. The first-order valence-electron chi connectivity index (χ1n) is 23.1. The van der Waals surface area contributed by atoms with Gasteiger partial charge in [0, 0.05) is 54.3 Å². The molecule has 8 atom stereocenters. The topological polar surface area (TPSA) is 170 Å². The van der Waals surface area contributed by atoms with Gasteiger partial charge in [-0.2, -0.15) is 0 Å². The number of pyridine rings is 1. The largest absolute Gasteiger partial charge is 0.491 e. The van der Waals surface area contributed by atoms with Crippen molar-refractivity contribution in [2.24, 2.45) is 34.5 Å². The van der Waals surface area contributed by atoms with E-state index in [1.54, 1.807) is 18.2 Å². The molecule has 4 heterocycles. The summed E-state index contributed by atoms with van der Waals surface area (Å²) in [5, 5.41) is 17.2. The van der Waals surface area contributed by atoms with Gasteiger partial charge in [-0.15, -0.1) is 17.9 Å². The number of carboxylic acid groups (broad SMARTS) is 1. The van der Waals surface area contributed by atoms with Gasteiger partial charge in [-0.3, -0.25) is 24.1 Å². The number of allylic oxidation sites excluding steroid dienone is 1. The number of benzene rings is 1. The van der Waals surface area contributed by atoms with E-state index < -0.39 is 40.8 Å². The van der Waals surface area contributed by atoms with Gasteiger partial charge >= 0.3 is 11.9 Å². The molecule has 2 saturated heterocycles. The van der Waals surface area contributed by atoms with Crippen molar-refractivity contribution in [3.05, 3.63) is 41.3 Å². The van der Waals surface area contributed by atoms with Crippen LogP contribution in [0.25, 0.3) is 22.3 Å². The highest BCUT2D eigenvalue weighted by atomic mass is 35.5. The van der Waals surface area contributed by atoms with Gasteiger partial charge in [-0.25, -0.2) is 9.97 Å². The fraction of sp³-hybridized carbons (Fsp3) is 0.633. The Morgan fingerprint density at radius 3 is 2.49 bits per heavy atom. The third kappa shape index (κ3) is 10.2. The Labute approximate surface area is 390 Å². The zero-order valence-electron chi connectivity index (χ0n) is 38.7.